The van der Waals surface area contributed by atoms with E-state index in [4.69, 9.17) is 0 Å². The lowest BCUT2D eigenvalue weighted by Crippen LogP contribution is -1.98. The molecule has 2 aromatic heterocycles. The van der Waals surface area contributed by atoms with E-state index in [1.165, 1.54) is 5.56 Å². The molecule has 3 nitrogen and oxygen atoms in total. The number of carbonyl (C=O) groups excluding carboxylic acids is 1. The Bertz CT molecular complexity index is 820. The molecule has 3 aromatic rings. The molecule has 0 spiro atoms. The van der Waals surface area contributed by atoms with Crippen LogP contribution in [-0.2, 0) is 0 Å². The number of thiophene rings is 1. The molecule has 0 aliphatic rings. The molecular weight excluding hydrogens is 348 g/mol. The molecule has 5 heteroatoms. The number of aromatic nitrogens is 2. The lowest BCUT2D eigenvalue weighted by Gasteiger charge is -2.06. The summed E-state index contributed by atoms with van der Waals surface area (Å²) in [6.45, 7) is 4.09. The quantitative estimate of drug-likeness (QED) is 0.629. The van der Waals surface area contributed by atoms with Gasteiger partial charge < -0.3 is 0 Å². The molecule has 21 heavy (non-hydrogen) atoms. The molecule has 0 amide bonds. The summed E-state index contributed by atoms with van der Waals surface area (Å²) in [7, 11) is 0. The molecule has 0 aliphatic heterocycles. The average Bonchev–Trinajstić information content (AvgIpc) is 3.07. The minimum Gasteiger partial charge on any atom is -0.298 e. The summed E-state index contributed by atoms with van der Waals surface area (Å²) in [6.07, 6.45) is 2.65. The first kappa shape index (κ1) is 14.2. The fourth-order valence-corrected chi connectivity index (χ4v) is 3.59. The van der Waals surface area contributed by atoms with Crippen LogP contribution in [0.1, 0.15) is 21.5 Å². The van der Waals surface area contributed by atoms with E-state index >= 15 is 0 Å². The van der Waals surface area contributed by atoms with Gasteiger partial charge in [0.1, 0.15) is 5.69 Å². The van der Waals surface area contributed by atoms with Crippen LogP contribution in [0.25, 0.3) is 16.3 Å². The fraction of sp³-hybridized carbons (Fsp3) is 0.125. The van der Waals surface area contributed by atoms with E-state index in [-0.39, 0.29) is 0 Å². The highest BCUT2D eigenvalue weighted by Crippen LogP contribution is 2.32. The number of hydrogen-bond donors (Lipinski definition) is 0. The van der Waals surface area contributed by atoms with Crippen molar-refractivity contribution in [1.82, 2.24) is 9.78 Å². The summed E-state index contributed by atoms with van der Waals surface area (Å²) in [5.74, 6) is 0. The second-order valence-electron chi connectivity index (χ2n) is 4.89. The number of rotatable bonds is 3. The molecule has 0 unspecified atom stereocenters. The van der Waals surface area contributed by atoms with Gasteiger partial charge in [0.25, 0.3) is 0 Å². The Hall–Kier alpha value is -1.72. The van der Waals surface area contributed by atoms with Crippen LogP contribution in [0.3, 0.4) is 0 Å². The van der Waals surface area contributed by atoms with Crippen LogP contribution in [0, 0.1) is 13.8 Å². The Labute approximate surface area is 135 Å². The standard InChI is InChI=1S/C16H13BrN2OS/c1-10-3-4-11(2)13(7-10)19-8-12(9-20)16(18-19)14-5-6-15(17)21-14/h3-9H,1-2H3. The van der Waals surface area contributed by atoms with Crippen molar-refractivity contribution in [3.05, 3.63) is 57.0 Å². The number of aldehydes is 1. The predicted molar refractivity (Wildman–Crippen MR) is 89.4 cm³/mol. The smallest absolute Gasteiger partial charge is 0.153 e. The molecule has 0 aliphatic carbocycles. The minimum absolute atomic E-state index is 0.602. The topological polar surface area (TPSA) is 34.9 Å². The summed E-state index contributed by atoms with van der Waals surface area (Å²) in [5.41, 5.74) is 4.62. The second kappa shape index (κ2) is 5.58. The van der Waals surface area contributed by atoms with Crippen molar-refractivity contribution in [3.63, 3.8) is 0 Å². The van der Waals surface area contributed by atoms with Crippen LogP contribution in [0.15, 0.2) is 40.3 Å². The van der Waals surface area contributed by atoms with Crippen molar-refractivity contribution in [2.24, 2.45) is 0 Å². The van der Waals surface area contributed by atoms with Crippen molar-refractivity contribution >= 4 is 33.6 Å². The summed E-state index contributed by atoms with van der Waals surface area (Å²) in [5, 5.41) is 4.61. The van der Waals surface area contributed by atoms with Gasteiger partial charge in [-0.3, -0.25) is 4.79 Å². The summed E-state index contributed by atoms with van der Waals surface area (Å²) < 4.78 is 2.81. The normalized spacial score (nSPS) is 10.8. The number of carbonyl (C=O) groups is 1. The molecule has 0 saturated carbocycles. The van der Waals surface area contributed by atoms with Crippen molar-refractivity contribution < 1.29 is 4.79 Å². The third kappa shape index (κ3) is 2.71. The van der Waals surface area contributed by atoms with E-state index in [9.17, 15) is 4.79 Å². The Balaban J connectivity index is 2.15. The van der Waals surface area contributed by atoms with Gasteiger partial charge in [-0.15, -0.1) is 11.3 Å². The number of halogens is 1. The van der Waals surface area contributed by atoms with Gasteiger partial charge in [0.2, 0.25) is 0 Å². The van der Waals surface area contributed by atoms with Gasteiger partial charge in [-0.25, -0.2) is 4.68 Å². The van der Waals surface area contributed by atoms with Crippen molar-refractivity contribution in [2.45, 2.75) is 13.8 Å². The molecular formula is C16H13BrN2OS. The molecule has 3 rings (SSSR count). The van der Waals surface area contributed by atoms with Gasteiger partial charge in [0.15, 0.2) is 6.29 Å². The van der Waals surface area contributed by atoms with Crippen molar-refractivity contribution in [3.8, 4) is 16.3 Å². The first-order chi connectivity index (χ1) is 10.1. The van der Waals surface area contributed by atoms with Crippen LogP contribution >= 0.6 is 27.3 Å². The van der Waals surface area contributed by atoms with E-state index in [1.54, 1.807) is 22.2 Å². The number of benzene rings is 1. The largest absolute Gasteiger partial charge is 0.298 e. The molecule has 0 atom stereocenters. The number of hydrogen-bond acceptors (Lipinski definition) is 3. The predicted octanol–water partition coefficient (Wildman–Crippen LogP) is 4.79. The van der Waals surface area contributed by atoms with E-state index in [2.05, 4.69) is 39.2 Å². The SMILES string of the molecule is Cc1ccc(C)c(-n2cc(C=O)c(-c3ccc(Br)s3)n2)c1. The molecule has 0 fully saturated rings. The maximum absolute atomic E-state index is 11.3. The molecule has 0 saturated heterocycles. The first-order valence-electron chi connectivity index (χ1n) is 6.46. The second-order valence-corrected chi connectivity index (χ2v) is 7.35. The zero-order chi connectivity index (χ0) is 15.0. The van der Waals surface area contributed by atoms with Crippen LogP contribution in [0.2, 0.25) is 0 Å². The zero-order valence-electron chi connectivity index (χ0n) is 11.6. The Morgan fingerprint density at radius 3 is 2.71 bits per heavy atom. The third-order valence-electron chi connectivity index (χ3n) is 3.29. The summed E-state index contributed by atoms with van der Waals surface area (Å²) in [4.78, 5) is 12.3. The molecule has 2 heterocycles. The van der Waals surface area contributed by atoms with Crippen LogP contribution in [0.5, 0.6) is 0 Å². The van der Waals surface area contributed by atoms with E-state index in [1.807, 2.05) is 26.0 Å². The Morgan fingerprint density at radius 1 is 1.24 bits per heavy atom. The van der Waals surface area contributed by atoms with Crippen LogP contribution in [0.4, 0.5) is 0 Å². The third-order valence-corrected chi connectivity index (χ3v) is 4.92. The minimum atomic E-state index is 0.602. The molecule has 106 valence electrons. The van der Waals surface area contributed by atoms with Gasteiger partial charge in [-0.1, -0.05) is 12.1 Å². The van der Waals surface area contributed by atoms with Gasteiger partial charge in [0.05, 0.1) is 19.9 Å². The maximum Gasteiger partial charge on any atom is 0.153 e. The highest BCUT2D eigenvalue weighted by molar-refractivity contribution is 9.11. The van der Waals surface area contributed by atoms with Gasteiger partial charge in [0, 0.05) is 6.20 Å². The highest BCUT2D eigenvalue weighted by Gasteiger charge is 2.14. The maximum atomic E-state index is 11.3. The molecule has 0 bridgehead atoms. The summed E-state index contributed by atoms with van der Waals surface area (Å²) in [6, 6.07) is 10.1. The molecule has 0 N–H and O–H groups in total. The van der Waals surface area contributed by atoms with Gasteiger partial charge in [-0.2, -0.15) is 5.10 Å². The lowest BCUT2D eigenvalue weighted by molar-refractivity contribution is 0.112. The number of nitrogens with zero attached hydrogens (tertiary/aromatic N) is 2. The highest BCUT2D eigenvalue weighted by atomic mass is 79.9. The first-order valence-corrected chi connectivity index (χ1v) is 8.07. The van der Waals surface area contributed by atoms with Crippen LogP contribution in [-0.4, -0.2) is 16.1 Å². The Kier molecular flexibility index (Phi) is 3.78. The fourth-order valence-electron chi connectivity index (χ4n) is 2.20. The average molecular weight is 361 g/mol. The van der Waals surface area contributed by atoms with E-state index in [0.29, 0.717) is 5.56 Å². The molecule has 0 radical (unpaired) electrons. The Morgan fingerprint density at radius 2 is 2.05 bits per heavy atom. The molecule has 1 aromatic carbocycles. The van der Waals surface area contributed by atoms with E-state index < -0.39 is 0 Å². The lowest BCUT2D eigenvalue weighted by atomic mass is 10.1. The monoisotopic (exact) mass is 360 g/mol. The number of aryl methyl sites for hydroxylation is 2. The van der Waals surface area contributed by atoms with Gasteiger partial charge >= 0.3 is 0 Å². The van der Waals surface area contributed by atoms with Crippen molar-refractivity contribution in [2.75, 3.05) is 0 Å². The van der Waals surface area contributed by atoms with Gasteiger partial charge in [-0.05, 0) is 59.1 Å². The van der Waals surface area contributed by atoms with Crippen LogP contribution < -0.4 is 0 Å². The zero-order valence-corrected chi connectivity index (χ0v) is 14.0. The van der Waals surface area contributed by atoms with E-state index in [0.717, 1.165) is 31.9 Å². The summed E-state index contributed by atoms with van der Waals surface area (Å²) >= 11 is 5.01. The van der Waals surface area contributed by atoms with Crippen molar-refractivity contribution in [1.29, 1.82) is 0 Å².